The predicted octanol–water partition coefficient (Wildman–Crippen LogP) is 3.36. The van der Waals surface area contributed by atoms with Gasteiger partial charge in [-0.25, -0.2) is 0 Å². The average molecular weight is 505 g/mol. The number of nitrogens with zero attached hydrogens (tertiary/aromatic N) is 1. The first-order chi connectivity index (χ1) is 10.1. The SMILES string of the molecule is COc1cc(Br)c(C(NC(C)=O)C(Br)(Br)[N+](=O)[O-])cc1OC. The summed E-state index contributed by atoms with van der Waals surface area (Å²) >= 11 is 9.34. The van der Waals surface area contributed by atoms with Crippen LogP contribution >= 0.6 is 47.8 Å². The maximum atomic E-state index is 11.4. The summed E-state index contributed by atoms with van der Waals surface area (Å²) in [5, 5.41) is 13.8. The first-order valence-corrected chi connectivity index (χ1v) is 8.23. The highest BCUT2D eigenvalue weighted by atomic mass is 79.9. The number of hydrogen-bond acceptors (Lipinski definition) is 5. The lowest BCUT2D eigenvalue weighted by molar-refractivity contribution is -0.509. The van der Waals surface area contributed by atoms with Gasteiger partial charge in [-0.15, -0.1) is 0 Å². The number of carbonyl (C=O) groups is 1. The Labute approximate surface area is 152 Å². The van der Waals surface area contributed by atoms with Crippen molar-refractivity contribution in [1.82, 2.24) is 5.32 Å². The largest absolute Gasteiger partial charge is 0.493 e. The third-order valence-electron chi connectivity index (χ3n) is 2.75. The number of nitrogens with one attached hydrogen (secondary N) is 1. The maximum Gasteiger partial charge on any atom is 0.350 e. The molecule has 1 amide bonds. The molecule has 0 spiro atoms. The van der Waals surface area contributed by atoms with Crippen LogP contribution in [-0.2, 0) is 4.79 Å². The molecule has 0 saturated carbocycles. The van der Waals surface area contributed by atoms with Crippen LogP contribution in [0.5, 0.6) is 11.5 Å². The molecule has 0 aliphatic heterocycles. The fourth-order valence-electron chi connectivity index (χ4n) is 1.75. The van der Waals surface area contributed by atoms with Crippen LogP contribution in [0.3, 0.4) is 0 Å². The van der Waals surface area contributed by atoms with Gasteiger partial charge in [0.15, 0.2) is 11.5 Å². The highest BCUT2D eigenvalue weighted by molar-refractivity contribution is 9.25. The second-order valence-electron chi connectivity index (χ2n) is 4.21. The zero-order valence-electron chi connectivity index (χ0n) is 11.9. The third-order valence-corrected chi connectivity index (χ3v) is 4.93. The van der Waals surface area contributed by atoms with Crippen LogP contribution < -0.4 is 14.8 Å². The van der Waals surface area contributed by atoms with Crippen molar-refractivity contribution in [1.29, 1.82) is 0 Å². The summed E-state index contributed by atoms with van der Waals surface area (Å²) in [4.78, 5) is 22.1. The van der Waals surface area contributed by atoms with Crippen molar-refractivity contribution in [3.63, 3.8) is 0 Å². The number of halogens is 3. The van der Waals surface area contributed by atoms with Crippen molar-refractivity contribution in [3.05, 3.63) is 32.3 Å². The van der Waals surface area contributed by atoms with E-state index in [1.54, 1.807) is 12.1 Å². The van der Waals surface area contributed by atoms with Gasteiger partial charge in [-0.3, -0.25) is 14.9 Å². The van der Waals surface area contributed by atoms with Gasteiger partial charge in [0.2, 0.25) is 5.91 Å². The van der Waals surface area contributed by atoms with Crippen LogP contribution in [0, 0.1) is 10.1 Å². The first kappa shape index (κ1) is 19.2. The summed E-state index contributed by atoms with van der Waals surface area (Å²) in [6.45, 7) is 1.28. The van der Waals surface area contributed by atoms with Crippen molar-refractivity contribution in [2.24, 2.45) is 0 Å². The Morgan fingerprint density at radius 2 is 1.82 bits per heavy atom. The zero-order valence-corrected chi connectivity index (χ0v) is 16.6. The van der Waals surface area contributed by atoms with E-state index in [4.69, 9.17) is 9.47 Å². The van der Waals surface area contributed by atoms with Gasteiger partial charge in [0.05, 0.1) is 19.1 Å². The molecule has 0 fully saturated rings. The maximum absolute atomic E-state index is 11.4. The Morgan fingerprint density at radius 1 is 1.32 bits per heavy atom. The van der Waals surface area contributed by atoms with Crippen molar-refractivity contribution >= 4 is 53.7 Å². The van der Waals surface area contributed by atoms with Crippen molar-refractivity contribution in [3.8, 4) is 11.5 Å². The normalized spacial score (nSPS) is 12.5. The monoisotopic (exact) mass is 502 g/mol. The summed E-state index contributed by atoms with van der Waals surface area (Å²) in [6, 6.07) is 2.16. The lowest BCUT2D eigenvalue weighted by Gasteiger charge is -2.26. The molecule has 1 rings (SSSR count). The molecule has 0 saturated heterocycles. The number of ether oxygens (including phenoxy) is 2. The van der Waals surface area contributed by atoms with E-state index in [0.717, 1.165) is 0 Å². The molecule has 1 aromatic rings. The molecule has 0 heterocycles. The number of alkyl halides is 2. The molecule has 0 bridgehead atoms. The van der Waals surface area contributed by atoms with Gasteiger partial charge in [0, 0.05) is 48.8 Å². The molecule has 0 aliphatic rings. The topological polar surface area (TPSA) is 90.7 Å². The Hall–Kier alpha value is -0.870. The van der Waals surface area contributed by atoms with Crippen LogP contribution in [0.4, 0.5) is 0 Å². The molecule has 1 atom stereocenters. The highest BCUT2D eigenvalue weighted by Crippen LogP contribution is 2.45. The van der Waals surface area contributed by atoms with Crippen LogP contribution in [0.25, 0.3) is 0 Å². The second kappa shape index (κ2) is 7.60. The molecular formula is C12H13Br3N2O5. The van der Waals surface area contributed by atoms with Gasteiger partial charge >= 0.3 is 3.36 Å². The molecule has 1 aromatic carbocycles. The Bertz CT molecular complexity index is 594. The average Bonchev–Trinajstić information content (AvgIpc) is 2.44. The summed E-state index contributed by atoms with van der Waals surface area (Å²) < 4.78 is 9.11. The van der Waals surface area contributed by atoms with E-state index in [-0.39, 0.29) is 0 Å². The van der Waals surface area contributed by atoms with E-state index >= 15 is 0 Å². The van der Waals surface area contributed by atoms with E-state index in [1.807, 2.05) is 0 Å². The molecule has 0 aliphatic carbocycles. The number of hydrogen-bond donors (Lipinski definition) is 1. The first-order valence-electron chi connectivity index (χ1n) is 5.86. The second-order valence-corrected chi connectivity index (χ2v) is 8.54. The smallest absolute Gasteiger partial charge is 0.350 e. The van der Waals surface area contributed by atoms with E-state index in [0.29, 0.717) is 21.5 Å². The summed E-state index contributed by atoms with van der Waals surface area (Å²) in [6.07, 6.45) is 0. The summed E-state index contributed by atoms with van der Waals surface area (Å²) in [5.74, 6) is 0.419. The Morgan fingerprint density at radius 3 is 2.23 bits per heavy atom. The summed E-state index contributed by atoms with van der Waals surface area (Å²) in [7, 11) is 2.93. The van der Waals surface area contributed by atoms with Gasteiger partial charge in [0.25, 0.3) is 0 Å². The Kier molecular flexibility index (Phi) is 6.63. The zero-order chi connectivity index (χ0) is 17.1. The minimum absolute atomic E-state index is 0.384. The molecule has 0 aromatic heterocycles. The van der Waals surface area contributed by atoms with Gasteiger partial charge in [0.1, 0.15) is 6.04 Å². The van der Waals surface area contributed by atoms with Crippen LogP contribution in [0.15, 0.2) is 16.6 Å². The van der Waals surface area contributed by atoms with Crippen molar-refractivity contribution in [2.75, 3.05) is 14.2 Å². The quantitative estimate of drug-likeness (QED) is 0.278. The van der Waals surface area contributed by atoms with Crippen molar-refractivity contribution in [2.45, 2.75) is 16.3 Å². The summed E-state index contributed by atoms with van der Waals surface area (Å²) in [5.41, 5.74) is 0.443. The number of benzene rings is 1. The lowest BCUT2D eigenvalue weighted by atomic mass is 10.1. The number of carbonyl (C=O) groups excluding carboxylic acids is 1. The lowest BCUT2D eigenvalue weighted by Crippen LogP contribution is -2.42. The van der Waals surface area contributed by atoms with Crippen LogP contribution in [0.1, 0.15) is 18.5 Å². The molecule has 10 heteroatoms. The molecule has 122 valence electrons. The molecule has 0 radical (unpaired) electrons. The third kappa shape index (κ3) is 4.11. The van der Waals surface area contributed by atoms with E-state index in [9.17, 15) is 14.9 Å². The minimum atomic E-state index is -1.78. The molecular weight excluding hydrogens is 492 g/mol. The molecule has 22 heavy (non-hydrogen) atoms. The fourth-order valence-corrected chi connectivity index (χ4v) is 3.02. The van der Waals surface area contributed by atoms with Gasteiger partial charge in [-0.1, -0.05) is 15.9 Å². The van der Waals surface area contributed by atoms with Crippen LogP contribution in [0.2, 0.25) is 0 Å². The molecule has 7 nitrogen and oxygen atoms in total. The van der Waals surface area contributed by atoms with Crippen molar-refractivity contribution < 1.29 is 19.2 Å². The van der Waals surface area contributed by atoms with Gasteiger partial charge < -0.3 is 14.8 Å². The number of nitro groups is 1. The van der Waals surface area contributed by atoms with Gasteiger partial charge in [-0.05, 0) is 12.1 Å². The highest BCUT2D eigenvalue weighted by Gasteiger charge is 2.48. The molecule has 1 unspecified atom stereocenters. The molecule has 1 N–H and O–H groups in total. The van der Waals surface area contributed by atoms with Gasteiger partial charge in [-0.2, -0.15) is 0 Å². The van der Waals surface area contributed by atoms with E-state index in [1.165, 1.54) is 21.1 Å². The fraction of sp³-hybridized carbons (Fsp3) is 0.417. The number of methoxy groups -OCH3 is 2. The number of amides is 1. The minimum Gasteiger partial charge on any atom is -0.493 e. The van der Waals surface area contributed by atoms with Crippen LogP contribution in [-0.4, -0.2) is 28.4 Å². The Balaban J connectivity index is 3.49. The number of rotatable bonds is 6. The van der Waals surface area contributed by atoms with E-state index in [2.05, 4.69) is 53.1 Å². The predicted molar refractivity (Wildman–Crippen MR) is 91.4 cm³/mol. The standard InChI is InChI=1S/C12H13Br3N2O5/c1-6(18)16-11(12(14,15)17(19)20)7-4-9(21-2)10(22-3)5-8(7)13/h4-5,11H,1-3H3,(H,16,18). The van der Waals surface area contributed by atoms with E-state index < -0.39 is 20.2 Å².